The number of hydrogen-bond acceptors (Lipinski definition) is 4. The van der Waals surface area contributed by atoms with Gasteiger partial charge in [-0.25, -0.2) is 0 Å². The first-order valence-corrected chi connectivity index (χ1v) is 8.47. The van der Waals surface area contributed by atoms with Gasteiger partial charge in [0, 0.05) is 31.1 Å². The third-order valence-corrected chi connectivity index (χ3v) is 4.08. The van der Waals surface area contributed by atoms with E-state index < -0.39 is 6.10 Å². The Morgan fingerprint density at radius 2 is 2.04 bits per heavy atom. The largest absolute Gasteiger partial charge is 0.379 e. The first kappa shape index (κ1) is 17.8. The molecule has 23 heavy (non-hydrogen) atoms. The maximum atomic E-state index is 12.1. The average Bonchev–Trinajstić information content (AvgIpc) is 3.05. The van der Waals surface area contributed by atoms with E-state index in [9.17, 15) is 4.79 Å². The molecule has 1 aromatic rings. The van der Waals surface area contributed by atoms with Gasteiger partial charge in [-0.3, -0.25) is 4.79 Å². The van der Waals surface area contributed by atoms with Gasteiger partial charge in [-0.15, -0.1) is 0 Å². The lowest BCUT2D eigenvalue weighted by molar-refractivity contribution is -0.127. The zero-order valence-electron chi connectivity index (χ0n) is 14.4. The summed E-state index contributed by atoms with van der Waals surface area (Å²) in [7, 11) is 0. The number of nitrogens with one attached hydrogen (secondary N) is 1. The summed E-state index contributed by atoms with van der Waals surface area (Å²) in [4.78, 5) is 14.5. The van der Waals surface area contributed by atoms with Crippen molar-refractivity contribution in [3.63, 3.8) is 0 Å². The lowest BCUT2D eigenvalue weighted by Crippen LogP contribution is -2.29. The van der Waals surface area contributed by atoms with E-state index in [1.165, 1.54) is 24.1 Å². The summed E-state index contributed by atoms with van der Waals surface area (Å²) < 4.78 is 10.7. The highest BCUT2D eigenvalue weighted by Gasteiger charge is 2.16. The predicted octanol–water partition coefficient (Wildman–Crippen LogP) is 2.98. The van der Waals surface area contributed by atoms with Crippen LogP contribution in [0.1, 0.15) is 32.3 Å². The third kappa shape index (κ3) is 5.22. The summed E-state index contributed by atoms with van der Waals surface area (Å²) in [6.07, 6.45) is 2.03. The molecule has 5 nitrogen and oxygen atoms in total. The molecule has 0 saturated carbocycles. The standard InChI is InChI=1S/C18H28N2O3/c1-4-22-11-12-23-15(3)18(21)19-16-7-8-17(14(2)13-16)20-9-5-6-10-20/h7-8,13,15H,4-6,9-12H2,1-3H3,(H,19,21)/t15-/m1/s1. The van der Waals surface area contributed by atoms with Crippen LogP contribution >= 0.6 is 0 Å². The molecule has 1 amide bonds. The number of anilines is 2. The number of aryl methyl sites for hydroxylation is 1. The number of amides is 1. The number of carbonyl (C=O) groups is 1. The van der Waals surface area contributed by atoms with E-state index in [4.69, 9.17) is 9.47 Å². The van der Waals surface area contributed by atoms with Gasteiger partial charge < -0.3 is 19.7 Å². The molecule has 0 aliphatic carbocycles. The van der Waals surface area contributed by atoms with E-state index in [0.717, 1.165) is 18.8 Å². The Labute approximate surface area is 139 Å². The summed E-state index contributed by atoms with van der Waals surface area (Å²) in [5, 5.41) is 2.92. The van der Waals surface area contributed by atoms with Crippen LogP contribution < -0.4 is 10.2 Å². The molecular weight excluding hydrogens is 292 g/mol. The zero-order valence-corrected chi connectivity index (χ0v) is 14.4. The number of ether oxygens (including phenoxy) is 2. The molecule has 0 bridgehead atoms. The summed E-state index contributed by atoms with van der Waals surface area (Å²) in [6.45, 7) is 9.62. The van der Waals surface area contributed by atoms with E-state index in [0.29, 0.717) is 19.8 Å². The SMILES string of the molecule is CCOCCO[C@H](C)C(=O)Nc1ccc(N2CCCC2)c(C)c1. The smallest absolute Gasteiger partial charge is 0.253 e. The average molecular weight is 320 g/mol. The van der Waals surface area contributed by atoms with Gasteiger partial charge in [0.05, 0.1) is 13.2 Å². The van der Waals surface area contributed by atoms with E-state index in [2.05, 4.69) is 23.2 Å². The molecule has 1 N–H and O–H groups in total. The molecule has 1 aliphatic heterocycles. The zero-order chi connectivity index (χ0) is 16.7. The molecule has 1 saturated heterocycles. The van der Waals surface area contributed by atoms with E-state index in [-0.39, 0.29) is 5.91 Å². The van der Waals surface area contributed by atoms with Gasteiger partial charge in [-0.2, -0.15) is 0 Å². The lowest BCUT2D eigenvalue weighted by Gasteiger charge is -2.21. The molecule has 1 aliphatic rings. The molecule has 2 rings (SSSR count). The summed E-state index contributed by atoms with van der Waals surface area (Å²) in [5.74, 6) is -0.130. The van der Waals surface area contributed by atoms with Crippen molar-refractivity contribution in [2.45, 2.75) is 39.7 Å². The molecule has 0 spiro atoms. The quantitative estimate of drug-likeness (QED) is 0.748. The minimum atomic E-state index is -0.492. The number of rotatable bonds is 8. The minimum Gasteiger partial charge on any atom is -0.379 e. The molecule has 0 aromatic heterocycles. The van der Waals surface area contributed by atoms with Crippen LogP contribution in [0.15, 0.2) is 18.2 Å². The fourth-order valence-corrected chi connectivity index (χ4v) is 2.79. The van der Waals surface area contributed by atoms with Crippen LogP contribution in [0, 0.1) is 6.92 Å². The number of hydrogen-bond donors (Lipinski definition) is 1. The number of carbonyl (C=O) groups excluding carboxylic acids is 1. The first-order chi connectivity index (χ1) is 11.1. The second-order valence-electron chi connectivity index (χ2n) is 5.89. The van der Waals surface area contributed by atoms with Crippen molar-refractivity contribution in [1.29, 1.82) is 0 Å². The van der Waals surface area contributed by atoms with Gasteiger partial charge in [-0.05, 0) is 57.4 Å². The van der Waals surface area contributed by atoms with Gasteiger partial charge >= 0.3 is 0 Å². The molecule has 1 aromatic carbocycles. The van der Waals surface area contributed by atoms with E-state index in [1.807, 2.05) is 19.1 Å². The van der Waals surface area contributed by atoms with Crippen molar-refractivity contribution in [2.75, 3.05) is 43.1 Å². The summed E-state index contributed by atoms with van der Waals surface area (Å²) >= 11 is 0. The van der Waals surface area contributed by atoms with Crippen LogP contribution in [0.4, 0.5) is 11.4 Å². The normalized spacial score (nSPS) is 15.7. The maximum Gasteiger partial charge on any atom is 0.253 e. The molecule has 1 fully saturated rings. The van der Waals surface area contributed by atoms with Crippen molar-refractivity contribution in [2.24, 2.45) is 0 Å². The van der Waals surface area contributed by atoms with Crippen LogP contribution in [-0.4, -0.2) is 44.9 Å². The highest BCUT2D eigenvalue weighted by Crippen LogP contribution is 2.26. The van der Waals surface area contributed by atoms with Gasteiger partial charge in [0.1, 0.15) is 6.10 Å². The van der Waals surface area contributed by atoms with Crippen LogP contribution in [-0.2, 0) is 14.3 Å². The van der Waals surface area contributed by atoms with Gasteiger partial charge in [0.2, 0.25) is 0 Å². The number of benzene rings is 1. The highest BCUT2D eigenvalue weighted by molar-refractivity contribution is 5.94. The Morgan fingerprint density at radius 3 is 2.70 bits per heavy atom. The van der Waals surface area contributed by atoms with Crippen molar-refractivity contribution in [3.05, 3.63) is 23.8 Å². The molecule has 0 radical (unpaired) electrons. The Bertz CT molecular complexity index is 513. The second kappa shape index (κ2) is 8.89. The second-order valence-corrected chi connectivity index (χ2v) is 5.89. The molecular formula is C18H28N2O3. The van der Waals surface area contributed by atoms with Gasteiger partial charge in [0.15, 0.2) is 0 Å². The van der Waals surface area contributed by atoms with Crippen molar-refractivity contribution >= 4 is 17.3 Å². The van der Waals surface area contributed by atoms with E-state index in [1.54, 1.807) is 6.92 Å². The lowest BCUT2D eigenvalue weighted by atomic mass is 10.1. The Hall–Kier alpha value is -1.59. The van der Waals surface area contributed by atoms with Crippen LogP contribution in [0.2, 0.25) is 0 Å². The van der Waals surface area contributed by atoms with Crippen LogP contribution in [0.25, 0.3) is 0 Å². The molecule has 0 unspecified atom stereocenters. The first-order valence-electron chi connectivity index (χ1n) is 8.47. The van der Waals surface area contributed by atoms with Crippen molar-refractivity contribution < 1.29 is 14.3 Å². The molecule has 5 heteroatoms. The highest BCUT2D eigenvalue weighted by atomic mass is 16.5. The molecule has 1 atom stereocenters. The van der Waals surface area contributed by atoms with Crippen LogP contribution in [0.3, 0.4) is 0 Å². The summed E-state index contributed by atoms with van der Waals surface area (Å²) in [5.41, 5.74) is 3.27. The third-order valence-electron chi connectivity index (χ3n) is 4.08. The van der Waals surface area contributed by atoms with Gasteiger partial charge in [0.25, 0.3) is 5.91 Å². The van der Waals surface area contributed by atoms with E-state index >= 15 is 0 Å². The van der Waals surface area contributed by atoms with Crippen LogP contribution in [0.5, 0.6) is 0 Å². The Balaban J connectivity index is 1.86. The Morgan fingerprint density at radius 1 is 1.30 bits per heavy atom. The Kier molecular flexibility index (Phi) is 6.86. The maximum absolute atomic E-state index is 12.1. The van der Waals surface area contributed by atoms with Gasteiger partial charge in [-0.1, -0.05) is 0 Å². The molecule has 1 heterocycles. The van der Waals surface area contributed by atoms with Crippen molar-refractivity contribution in [1.82, 2.24) is 0 Å². The van der Waals surface area contributed by atoms with Crippen molar-refractivity contribution in [3.8, 4) is 0 Å². The topological polar surface area (TPSA) is 50.8 Å². The molecule has 128 valence electrons. The monoisotopic (exact) mass is 320 g/mol. The predicted molar refractivity (Wildman–Crippen MR) is 93.2 cm³/mol. The fourth-order valence-electron chi connectivity index (χ4n) is 2.79. The summed E-state index contributed by atoms with van der Waals surface area (Å²) in [6, 6.07) is 6.08. The number of nitrogens with zero attached hydrogens (tertiary/aromatic N) is 1. The fraction of sp³-hybridized carbons (Fsp3) is 0.611. The minimum absolute atomic E-state index is 0.130.